The van der Waals surface area contributed by atoms with E-state index < -0.39 is 17.5 Å². The number of H-pyrrole nitrogens is 1. The second-order valence-electron chi connectivity index (χ2n) is 9.96. The molecule has 1 aromatic carbocycles. The second kappa shape index (κ2) is 11.3. The van der Waals surface area contributed by atoms with Crippen LogP contribution in [-0.2, 0) is 4.79 Å². The molecule has 5 heterocycles. The summed E-state index contributed by atoms with van der Waals surface area (Å²) in [7, 11) is 3.92. The molecule has 0 spiro atoms. The number of amides is 1. The number of anilines is 2. The highest BCUT2D eigenvalue weighted by Crippen LogP contribution is 2.27. The molecule has 2 N–H and O–H groups in total. The SMILES string of the molecule is CN(C)CCNc1ncn(-c2ncc(F)c3c(C(=O)C(=O)N4CCN(c5nnnn5-c5ccccc5)CC4)c[nH]c23)n1. The number of hydrogen-bond acceptors (Lipinski definition) is 11. The molecule has 0 atom stereocenters. The first kappa shape index (κ1) is 26.9. The predicted molar refractivity (Wildman–Crippen MR) is 150 cm³/mol. The number of hydrogen-bond donors (Lipinski definition) is 2. The zero-order valence-electron chi connectivity index (χ0n) is 23.0. The van der Waals surface area contributed by atoms with Gasteiger partial charge in [0.25, 0.3) is 11.7 Å². The van der Waals surface area contributed by atoms with Crippen molar-refractivity contribution >= 4 is 34.5 Å². The fraction of sp³-hybridized carbons (Fsp3) is 0.308. The molecule has 16 heteroatoms. The third kappa shape index (κ3) is 5.14. The van der Waals surface area contributed by atoms with Crippen molar-refractivity contribution in [2.45, 2.75) is 0 Å². The summed E-state index contributed by atoms with van der Waals surface area (Å²) >= 11 is 0. The van der Waals surface area contributed by atoms with Gasteiger partial charge in [-0.1, -0.05) is 23.3 Å². The van der Waals surface area contributed by atoms with Gasteiger partial charge >= 0.3 is 0 Å². The molecule has 1 aliphatic rings. The van der Waals surface area contributed by atoms with Gasteiger partial charge in [-0.05, 0) is 36.7 Å². The highest BCUT2D eigenvalue weighted by atomic mass is 19.1. The molecule has 0 bridgehead atoms. The Bertz CT molecular complexity index is 1720. The van der Waals surface area contributed by atoms with E-state index in [1.807, 2.05) is 54.2 Å². The van der Waals surface area contributed by atoms with Crippen LogP contribution in [0.15, 0.2) is 49.1 Å². The van der Waals surface area contributed by atoms with Crippen LogP contribution in [0.1, 0.15) is 10.4 Å². The van der Waals surface area contributed by atoms with E-state index in [9.17, 15) is 9.59 Å². The number of carbonyl (C=O) groups is 2. The van der Waals surface area contributed by atoms with Gasteiger partial charge in [-0.2, -0.15) is 9.36 Å². The number of benzene rings is 1. The number of nitrogens with one attached hydrogen (secondary N) is 2. The second-order valence-corrected chi connectivity index (χ2v) is 9.96. The Morgan fingerprint density at radius 1 is 1.10 bits per heavy atom. The molecule has 1 aliphatic heterocycles. The smallest absolute Gasteiger partial charge is 0.295 e. The average Bonchev–Trinajstić information content (AvgIpc) is 3.78. The van der Waals surface area contributed by atoms with Crippen molar-refractivity contribution in [3.05, 3.63) is 60.4 Å². The molecule has 0 saturated carbocycles. The normalized spacial score (nSPS) is 13.7. The zero-order chi connectivity index (χ0) is 29.2. The number of para-hydroxylation sites is 1. The Morgan fingerprint density at radius 3 is 2.64 bits per heavy atom. The Kier molecular flexibility index (Phi) is 7.26. The lowest BCUT2D eigenvalue weighted by Crippen LogP contribution is -2.51. The van der Waals surface area contributed by atoms with Crippen molar-refractivity contribution in [2.75, 3.05) is 63.6 Å². The summed E-state index contributed by atoms with van der Waals surface area (Å²) < 4.78 is 18.0. The highest BCUT2D eigenvalue weighted by molar-refractivity contribution is 6.45. The van der Waals surface area contributed by atoms with Crippen LogP contribution in [0.5, 0.6) is 0 Å². The summed E-state index contributed by atoms with van der Waals surface area (Å²) in [6.07, 6.45) is 3.78. The maximum Gasteiger partial charge on any atom is 0.295 e. The lowest BCUT2D eigenvalue weighted by Gasteiger charge is -2.34. The topological polar surface area (TPSA) is 159 Å². The Hall–Kier alpha value is -5.25. The van der Waals surface area contributed by atoms with Crippen LogP contribution in [0.4, 0.5) is 16.3 Å². The first-order valence-electron chi connectivity index (χ1n) is 13.3. The van der Waals surface area contributed by atoms with Gasteiger partial charge < -0.3 is 25.0 Å². The summed E-state index contributed by atoms with van der Waals surface area (Å²) in [5.74, 6) is -1.09. The number of Topliss-reactive ketones (excluding diaryl/α,β-unsaturated/α-hetero) is 1. The van der Waals surface area contributed by atoms with E-state index in [2.05, 4.69) is 40.9 Å². The lowest BCUT2D eigenvalue weighted by molar-refractivity contribution is -0.126. The van der Waals surface area contributed by atoms with E-state index >= 15 is 4.39 Å². The van der Waals surface area contributed by atoms with Gasteiger partial charge in [0.2, 0.25) is 11.9 Å². The number of nitrogens with zero attached hydrogens (tertiary/aromatic N) is 11. The summed E-state index contributed by atoms with van der Waals surface area (Å²) in [5, 5.41) is 19.5. The van der Waals surface area contributed by atoms with Crippen molar-refractivity contribution in [1.29, 1.82) is 0 Å². The molecule has 4 aromatic heterocycles. The minimum absolute atomic E-state index is 0.0309. The molecule has 1 saturated heterocycles. The Labute approximate surface area is 238 Å². The van der Waals surface area contributed by atoms with Gasteiger partial charge in [0.1, 0.15) is 6.33 Å². The van der Waals surface area contributed by atoms with Crippen LogP contribution in [-0.4, -0.2) is 120 Å². The van der Waals surface area contributed by atoms with Crippen molar-refractivity contribution in [3.63, 3.8) is 0 Å². The maximum atomic E-state index is 15.0. The quantitative estimate of drug-likeness (QED) is 0.189. The minimum Gasteiger partial charge on any atom is -0.357 e. The fourth-order valence-electron chi connectivity index (χ4n) is 4.77. The van der Waals surface area contributed by atoms with Crippen LogP contribution in [0.3, 0.4) is 0 Å². The van der Waals surface area contributed by atoms with Crippen molar-refractivity contribution < 1.29 is 14.0 Å². The first-order chi connectivity index (χ1) is 20.4. The molecule has 15 nitrogen and oxygen atoms in total. The summed E-state index contributed by atoms with van der Waals surface area (Å²) in [6.45, 7) is 2.79. The van der Waals surface area contributed by atoms with Crippen LogP contribution in [0, 0.1) is 5.82 Å². The van der Waals surface area contributed by atoms with Gasteiger partial charge in [-0.25, -0.2) is 14.4 Å². The van der Waals surface area contributed by atoms with Crippen molar-refractivity contribution in [3.8, 4) is 11.5 Å². The largest absolute Gasteiger partial charge is 0.357 e. The van der Waals surface area contributed by atoms with Gasteiger partial charge in [-0.15, -0.1) is 5.10 Å². The predicted octanol–water partition coefficient (Wildman–Crippen LogP) is 0.763. The molecule has 5 aromatic rings. The van der Waals surface area contributed by atoms with Gasteiger partial charge in [0.15, 0.2) is 11.6 Å². The molecule has 0 radical (unpaired) electrons. The molecule has 42 heavy (non-hydrogen) atoms. The number of rotatable bonds is 9. The Balaban J connectivity index is 1.17. The standard InChI is InChI=1S/C26H28FN13O2/c1-36(2)9-8-28-25-31-16-39(33-25)23-21-20(19(27)15-30-23)18(14-29-21)22(41)24(42)37-10-12-38(13-11-37)26-32-34-35-40(26)17-6-4-3-5-7-17/h3-7,14-16,29H,8-13H2,1-2H3,(H,28,33). The summed E-state index contributed by atoms with van der Waals surface area (Å²) in [6, 6.07) is 9.48. The Morgan fingerprint density at radius 2 is 1.88 bits per heavy atom. The van der Waals surface area contributed by atoms with E-state index in [0.29, 0.717) is 31.5 Å². The van der Waals surface area contributed by atoms with Crippen LogP contribution in [0.25, 0.3) is 22.4 Å². The number of aromatic amines is 1. The number of pyridine rings is 1. The molecule has 0 aliphatic carbocycles. The number of fused-ring (bicyclic) bond motifs is 1. The first-order valence-corrected chi connectivity index (χ1v) is 13.3. The van der Waals surface area contributed by atoms with E-state index in [-0.39, 0.29) is 35.4 Å². The van der Waals surface area contributed by atoms with Gasteiger partial charge in [-0.3, -0.25) is 9.59 Å². The highest BCUT2D eigenvalue weighted by Gasteiger charge is 2.31. The van der Waals surface area contributed by atoms with Gasteiger partial charge in [0.05, 0.1) is 28.4 Å². The van der Waals surface area contributed by atoms with Crippen molar-refractivity contribution in [1.82, 2.24) is 54.7 Å². The number of ketones is 1. The summed E-state index contributed by atoms with van der Waals surface area (Å²) in [4.78, 5) is 43.3. The molecule has 6 rings (SSSR count). The molecule has 216 valence electrons. The number of halogens is 1. The minimum atomic E-state index is -0.815. The third-order valence-electron chi connectivity index (χ3n) is 6.94. The molecular formula is C26H28FN13O2. The fourth-order valence-corrected chi connectivity index (χ4v) is 4.77. The number of aromatic nitrogens is 9. The van der Waals surface area contributed by atoms with E-state index in [1.165, 1.54) is 22.1 Å². The van der Waals surface area contributed by atoms with Crippen LogP contribution < -0.4 is 10.2 Å². The number of carbonyl (C=O) groups excluding carboxylic acids is 2. The molecular weight excluding hydrogens is 545 g/mol. The van der Waals surface area contributed by atoms with Crippen LogP contribution >= 0.6 is 0 Å². The molecule has 1 amide bonds. The van der Waals surface area contributed by atoms with Crippen molar-refractivity contribution in [2.24, 2.45) is 0 Å². The number of piperazine rings is 1. The van der Waals surface area contributed by atoms with Crippen LogP contribution in [0.2, 0.25) is 0 Å². The zero-order valence-corrected chi connectivity index (χ0v) is 23.0. The molecule has 0 unspecified atom stereocenters. The van der Waals surface area contributed by atoms with E-state index in [1.54, 1.807) is 4.68 Å². The average molecular weight is 574 g/mol. The monoisotopic (exact) mass is 573 g/mol. The lowest BCUT2D eigenvalue weighted by atomic mass is 10.1. The maximum absolute atomic E-state index is 15.0. The third-order valence-corrected chi connectivity index (χ3v) is 6.94. The number of tetrazole rings is 1. The van der Waals surface area contributed by atoms with E-state index in [0.717, 1.165) is 18.4 Å². The molecule has 1 fully saturated rings. The number of likely N-dealkylation sites (N-methyl/N-ethyl adjacent to an activating group) is 1. The van der Waals surface area contributed by atoms with Gasteiger partial charge in [0, 0.05) is 45.5 Å². The van der Waals surface area contributed by atoms with E-state index in [4.69, 9.17) is 0 Å². The summed E-state index contributed by atoms with van der Waals surface area (Å²) in [5.41, 5.74) is 0.966.